The highest BCUT2D eigenvalue weighted by molar-refractivity contribution is 5.87. The Morgan fingerprint density at radius 3 is 2.52 bits per heavy atom. The van der Waals surface area contributed by atoms with Crippen molar-refractivity contribution in [2.24, 2.45) is 5.92 Å². The van der Waals surface area contributed by atoms with Gasteiger partial charge in [0, 0.05) is 23.0 Å². The van der Waals surface area contributed by atoms with E-state index in [9.17, 15) is 4.79 Å². The molecule has 1 aliphatic heterocycles. The number of hydrogen-bond acceptors (Lipinski definition) is 3. The number of benzene rings is 1. The monoisotopic (exact) mass is 288 g/mol. The van der Waals surface area contributed by atoms with E-state index in [0.29, 0.717) is 11.5 Å². The zero-order chi connectivity index (χ0) is 15.1. The Morgan fingerprint density at radius 1 is 1.29 bits per heavy atom. The van der Waals surface area contributed by atoms with Gasteiger partial charge in [-0.1, -0.05) is 37.8 Å². The topological polar surface area (TPSA) is 55.8 Å². The molecule has 0 saturated carbocycles. The molecule has 0 radical (unpaired) electrons. The molecule has 1 aromatic carbocycles. The third kappa shape index (κ3) is 4.89. The standard InChI is InChI=1S/C17H20O4/c1-2-3-4-14-11-20-17(21-12-14)15-8-5-13(6-9-15)7-10-16(18)19/h5-6,8-9,14,17H,2-4,11-12H2,1H3,(H,18,19). The second kappa shape index (κ2) is 7.82. The molecular weight excluding hydrogens is 268 g/mol. The van der Waals surface area contributed by atoms with Crippen molar-refractivity contribution in [2.45, 2.75) is 32.5 Å². The average molecular weight is 288 g/mol. The number of hydrogen-bond donors (Lipinski definition) is 1. The maximum Gasteiger partial charge on any atom is 0.382 e. The highest BCUT2D eigenvalue weighted by Gasteiger charge is 2.22. The Kier molecular flexibility index (Phi) is 5.79. The SMILES string of the molecule is CCCCC1COC(c2ccc(C#CC(=O)O)cc2)OC1. The van der Waals surface area contributed by atoms with Gasteiger partial charge in [0.15, 0.2) is 6.29 Å². The van der Waals surface area contributed by atoms with Crippen LogP contribution in [0.3, 0.4) is 0 Å². The Balaban J connectivity index is 1.89. The Labute approximate surface area is 125 Å². The second-order valence-corrected chi connectivity index (χ2v) is 5.18. The van der Waals surface area contributed by atoms with Crippen LogP contribution < -0.4 is 0 Å². The minimum Gasteiger partial charge on any atom is -0.472 e. The predicted octanol–water partition coefficient (Wildman–Crippen LogP) is 2.97. The normalized spacial score (nSPS) is 21.4. The third-order valence-corrected chi connectivity index (χ3v) is 3.43. The molecule has 1 fully saturated rings. The van der Waals surface area contributed by atoms with Crippen molar-refractivity contribution in [2.75, 3.05) is 13.2 Å². The van der Waals surface area contributed by atoms with Gasteiger partial charge in [0.05, 0.1) is 13.2 Å². The van der Waals surface area contributed by atoms with E-state index in [0.717, 1.165) is 25.2 Å². The fraction of sp³-hybridized carbons (Fsp3) is 0.471. The Morgan fingerprint density at radius 2 is 1.95 bits per heavy atom. The first kappa shape index (κ1) is 15.6. The number of rotatable bonds is 4. The lowest BCUT2D eigenvalue weighted by atomic mass is 10.0. The van der Waals surface area contributed by atoms with E-state index in [1.54, 1.807) is 12.1 Å². The van der Waals surface area contributed by atoms with Crippen LogP contribution in [0, 0.1) is 17.8 Å². The number of carbonyl (C=O) groups is 1. The Bertz CT molecular complexity index is 516. The summed E-state index contributed by atoms with van der Waals surface area (Å²) in [6, 6.07) is 7.29. The quantitative estimate of drug-likeness (QED) is 0.865. The molecule has 1 N–H and O–H groups in total. The molecule has 112 valence electrons. The van der Waals surface area contributed by atoms with Crippen LogP contribution in [0.2, 0.25) is 0 Å². The van der Waals surface area contributed by atoms with Crippen molar-refractivity contribution in [1.82, 2.24) is 0 Å². The van der Waals surface area contributed by atoms with Gasteiger partial charge in [-0.3, -0.25) is 0 Å². The second-order valence-electron chi connectivity index (χ2n) is 5.18. The molecule has 1 saturated heterocycles. The summed E-state index contributed by atoms with van der Waals surface area (Å²) in [6.07, 6.45) is 3.22. The summed E-state index contributed by atoms with van der Waals surface area (Å²) in [5.74, 6) is 4.02. The highest BCUT2D eigenvalue weighted by atomic mass is 16.7. The number of unbranched alkanes of at least 4 members (excludes halogenated alkanes) is 1. The zero-order valence-electron chi connectivity index (χ0n) is 12.2. The van der Waals surface area contributed by atoms with E-state index >= 15 is 0 Å². The van der Waals surface area contributed by atoms with E-state index < -0.39 is 5.97 Å². The molecule has 2 rings (SSSR count). The van der Waals surface area contributed by atoms with E-state index in [1.807, 2.05) is 12.1 Å². The lowest BCUT2D eigenvalue weighted by molar-refractivity contribution is -0.206. The summed E-state index contributed by atoms with van der Waals surface area (Å²) < 4.78 is 11.5. The van der Waals surface area contributed by atoms with Crippen LogP contribution in [0.4, 0.5) is 0 Å². The molecule has 0 bridgehead atoms. The summed E-state index contributed by atoms with van der Waals surface area (Å²) in [5, 5.41) is 8.51. The number of carboxylic acid groups (broad SMARTS) is 1. The van der Waals surface area contributed by atoms with Crippen molar-refractivity contribution >= 4 is 5.97 Å². The van der Waals surface area contributed by atoms with Crippen molar-refractivity contribution in [3.05, 3.63) is 35.4 Å². The van der Waals surface area contributed by atoms with Gasteiger partial charge < -0.3 is 14.6 Å². The van der Waals surface area contributed by atoms with E-state index in [4.69, 9.17) is 14.6 Å². The van der Waals surface area contributed by atoms with Gasteiger partial charge in [-0.2, -0.15) is 0 Å². The molecule has 0 aliphatic carbocycles. The molecule has 0 spiro atoms. The van der Waals surface area contributed by atoms with Crippen molar-refractivity contribution in [3.8, 4) is 11.8 Å². The number of carboxylic acids is 1. The fourth-order valence-corrected chi connectivity index (χ4v) is 2.24. The fourth-order valence-electron chi connectivity index (χ4n) is 2.24. The molecule has 1 heterocycles. The molecule has 4 heteroatoms. The van der Waals surface area contributed by atoms with Crippen LogP contribution in [0.25, 0.3) is 0 Å². The highest BCUT2D eigenvalue weighted by Crippen LogP contribution is 2.27. The lowest BCUT2D eigenvalue weighted by Gasteiger charge is -2.29. The van der Waals surface area contributed by atoms with Crippen LogP contribution in [-0.2, 0) is 14.3 Å². The maximum atomic E-state index is 10.4. The van der Waals surface area contributed by atoms with E-state index in [2.05, 4.69) is 18.8 Å². The third-order valence-electron chi connectivity index (χ3n) is 3.43. The molecule has 4 nitrogen and oxygen atoms in total. The van der Waals surface area contributed by atoms with Gasteiger partial charge in [0.1, 0.15) is 0 Å². The molecule has 0 aromatic heterocycles. The molecule has 1 aromatic rings. The lowest BCUT2D eigenvalue weighted by Crippen LogP contribution is -2.27. The zero-order valence-corrected chi connectivity index (χ0v) is 12.2. The smallest absolute Gasteiger partial charge is 0.382 e. The number of aliphatic carboxylic acids is 1. The summed E-state index contributed by atoms with van der Waals surface area (Å²) in [7, 11) is 0. The molecule has 0 atom stereocenters. The summed E-state index contributed by atoms with van der Waals surface area (Å²) in [5.41, 5.74) is 1.60. The first-order valence-electron chi connectivity index (χ1n) is 7.27. The van der Waals surface area contributed by atoms with Gasteiger partial charge in [-0.05, 0) is 18.6 Å². The van der Waals surface area contributed by atoms with Crippen molar-refractivity contribution in [3.63, 3.8) is 0 Å². The maximum absolute atomic E-state index is 10.4. The van der Waals surface area contributed by atoms with Crippen molar-refractivity contribution in [1.29, 1.82) is 0 Å². The molecule has 1 aliphatic rings. The van der Waals surface area contributed by atoms with E-state index in [1.165, 1.54) is 12.8 Å². The molecule has 21 heavy (non-hydrogen) atoms. The average Bonchev–Trinajstić information content (AvgIpc) is 2.52. The first-order valence-corrected chi connectivity index (χ1v) is 7.27. The minimum absolute atomic E-state index is 0.329. The summed E-state index contributed by atoms with van der Waals surface area (Å²) in [4.78, 5) is 10.4. The van der Waals surface area contributed by atoms with Crippen LogP contribution in [-0.4, -0.2) is 24.3 Å². The van der Waals surface area contributed by atoms with Crippen molar-refractivity contribution < 1.29 is 19.4 Å². The van der Waals surface area contributed by atoms with Gasteiger partial charge >= 0.3 is 5.97 Å². The van der Waals surface area contributed by atoms with Gasteiger partial charge in [-0.25, -0.2) is 4.79 Å². The number of ether oxygens (including phenoxy) is 2. The summed E-state index contributed by atoms with van der Waals surface area (Å²) >= 11 is 0. The van der Waals surface area contributed by atoms with Crippen LogP contribution in [0.15, 0.2) is 24.3 Å². The van der Waals surface area contributed by atoms with Gasteiger partial charge in [0.2, 0.25) is 0 Å². The summed E-state index contributed by atoms with van der Waals surface area (Å²) in [6.45, 7) is 3.64. The van der Waals surface area contributed by atoms with E-state index in [-0.39, 0.29) is 6.29 Å². The van der Waals surface area contributed by atoms with Crippen LogP contribution in [0.1, 0.15) is 43.6 Å². The van der Waals surface area contributed by atoms with Crippen LogP contribution >= 0.6 is 0 Å². The minimum atomic E-state index is -1.13. The largest absolute Gasteiger partial charge is 0.472 e. The van der Waals surface area contributed by atoms with Gasteiger partial charge in [-0.15, -0.1) is 0 Å². The predicted molar refractivity (Wildman–Crippen MR) is 78.6 cm³/mol. The van der Waals surface area contributed by atoms with Gasteiger partial charge in [0.25, 0.3) is 0 Å². The first-order chi connectivity index (χ1) is 10.2. The van der Waals surface area contributed by atoms with Crippen LogP contribution in [0.5, 0.6) is 0 Å². The Hall–Kier alpha value is -1.83. The molecule has 0 amide bonds. The molecule has 0 unspecified atom stereocenters. The molecular formula is C17H20O4.